The summed E-state index contributed by atoms with van der Waals surface area (Å²) in [5, 5.41) is 8.86. The molecule has 0 aliphatic carbocycles. The van der Waals surface area contributed by atoms with Crippen molar-refractivity contribution in [2.45, 2.75) is 12.8 Å². The van der Waals surface area contributed by atoms with Crippen LogP contribution in [-0.2, 0) is 11.2 Å². The van der Waals surface area contributed by atoms with Crippen molar-refractivity contribution in [3.8, 4) is 0 Å². The molecule has 1 aromatic rings. The molecule has 17 heavy (non-hydrogen) atoms. The number of allylic oxidation sites excluding steroid dienone is 2. The zero-order valence-corrected chi connectivity index (χ0v) is 9.34. The summed E-state index contributed by atoms with van der Waals surface area (Å²) in [6, 6.07) is 10.1. The summed E-state index contributed by atoms with van der Waals surface area (Å²) in [5.74, 6) is -0.928. The Balaban J connectivity index is 2.08. The van der Waals surface area contributed by atoms with Crippen LogP contribution in [0.5, 0.6) is 0 Å². The molecular weight excluding hydrogens is 214 g/mol. The van der Waals surface area contributed by atoms with Gasteiger partial charge in [-0.25, -0.2) is 4.79 Å². The van der Waals surface area contributed by atoms with Gasteiger partial charge in [0.05, 0.1) is 5.57 Å². The molecular formula is C14H13NO2. The highest BCUT2D eigenvalue weighted by Gasteiger charge is 2.07. The number of rotatable bonds is 3. The van der Waals surface area contributed by atoms with Crippen LogP contribution >= 0.6 is 0 Å². The highest BCUT2D eigenvalue weighted by atomic mass is 16.4. The Kier molecular flexibility index (Phi) is 3.50. The fourth-order valence-electron chi connectivity index (χ4n) is 1.69. The third kappa shape index (κ3) is 3.14. The van der Waals surface area contributed by atoms with Crippen LogP contribution in [0.3, 0.4) is 0 Å². The highest BCUT2D eigenvalue weighted by Crippen LogP contribution is 2.15. The number of carboxylic acids is 1. The number of aliphatic imine (C=N–C) groups is 1. The molecule has 0 bridgehead atoms. The van der Waals surface area contributed by atoms with Crippen LogP contribution in [0.15, 0.2) is 58.7 Å². The van der Waals surface area contributed by atoms with E-state index in [-0.39, 0.29) is 5.57 Å². The number of nitrogens with zero attached hydrogens (tertiary/aromatic N) is 1. The zero-order valence-electron chi connectivity index (χ0n) is 9.34. The van der Waals surface area contributed by atoms with Gasteiger partial charge in [-0.2, -0.15) is 0 Å². The van der Waals surface area contributed by atoms with E-state index < -0.39 is 5.97 Å². The molecule has 1 aliphatic rings. The van der Waals surface area contributed by atoms with Crippen LogP contribution in [0.1, 0.15) is 12.0 Å². The molecule has 86 valence electrons. The lowest BCUT2D eigenvalue weighted by molar-refractivity contribution is -0.132. The minimum atomic E-state index is -0.928. The van der Waals surface area contributed by atoms with Crippen molar-refractivity contribution in [3.05, 3.63) is 59.3 Å². The normalized spacial score (nSPS) is 14.8. The third-order valence-electron chi connectivity index (χ3n) is 2.58. The van der Waals surface area contributed by atoms with Gasteiger partial charge in [0.15, 0.2) is 0 Å². The number of aliphatic carboxylic acids is 1. The molecule has 0 unspecified atom stereocenters. The Morgan fingerprint density at radius 3 is 2.76 bits per heavy atom. The van der Waals surface area contributed by atoms with Gasteiger partial charge >= 0.3 is 5.97 Å². The summed E-state index contributed by atoms with van der Waals surface area (Å²) >= 11 is 0. The van der Waals surface area contributed by atoms with E-state index in [2.05, 4.69) is 17.1 Å². The Morgan fingerprint density at radius 2 is 2.06 bits per heavy atom. The standard InChI is InChI=1S/C14H13NO2/c16-14(17)13-7-6-12(9-15-10-13)8-11-4-2-1-3-5-11/h1-5,7,9-10H,6,8H2,(H,16,17). The average molecular weight is 227 g/mol. The lowest BCUT2D eigenvalue weighted by Gasteiger charge is -2.02. The molecule has 0 saturated heterocycles. The minimum Gasteiger partial charge on any atom is -0.478 e. The topological polar surface area (TPSA) is 49.7 Å². The molecule has 0 atom stereocenters. The lowest BCUT2D eigenvalue weighted by Crippen LogP contribution is -2.00. The van der Waals surface area contributed by atoms with E-state index in [1.165, 1.54) is 11.8 Å². The van der Waals surface area contributed by atoms with E-state index in [0.29, 0.717) is 6.42 Å². The van der Waals surface area contributed by atoms with Crippen LogP contribution in [0, 0.1) is 0 Å². The second-order valence-corrected chi connectivity index (χ2v) is 3.90. The summed E-state index contributed by atoms with van der Waals surface area (Å²) in [4.78, 5) is 14.8. The van der Waals surface area contributed by atoms with E-state index in [4.69, 9.17) is 5.11 Å². The maximum atomic E-state index is 10.8. The van der Waals surface area contributed by atoms with Gasteiger partial charge in [0.1, 0.15) is 0 Å². The second kappa shape index (κ2) is 5.25. The van der Waals surface area contributed by atoms with Gasteiger partial charge in [0.25, 0.3) is 0 Å². The monoisotopic (exact) mass is 227 g/mol. The molecule has 0 radical (unpaired) electrons. The van der Waals surface area contributed by atoms with Gasteiger partial charge < -0.3 is 5.11 Å². The van der Waals surface area contributed by atoms with Crippen LogP contribution < -0.4 is 0 Å². The lowest BCUT2D eigenvalue weighted by atomic mass is 10.0. The van der Waals surface area contributed by atoms with Crippen LogP contribution in [0.25, 0.3) is 0 Å². The van der Waals surface area contributed by atoms with Crippen molar-refractivity contribution in [1.29, 1.82) is 0 Å². The first-order chi connectivity index (χ1) is 8.25. The molecule has 1 aromatic carbocycles. The predicted molar refractivity (Wildman–Crippen MR) is 67.1 cm³/mol. The molecule has 0 aromatic heterocycles. The van der Waals surface area contributed by atoms with Crippen molar-refractivity contribution in [3.63, 3.8) is 0 Å². The van der Waals surface area contributed by atoms with E-state index >= 15 is 0 Å². The maximum Gasteiger partial charge on any atom is 0.336 e. The highest BCUT2D eigenvalue weighted by molar-refractivity contribution is 6.08. The predicted octanol–water partition coefficient (Wildman–Crippen LogP) is 2.60. The Morgan fingerprint density at radius 1 is 1.29 bits per heavy atom. The molecule has 3 heteroatoms. The largest absolute Gasteiger partial charge is 0.478 e. The number of benzene rings is 1. The van der Waals surface area contributed by atoms with E-state index in [1.807, 2.05) is 18.2 Å². The SMILES string of the molecule is O=C(O)C1=CCC(Cc2ccccc2)=CN=C1. The second-order valence-electron chi connectivity index (χ2n) is 3.90. The van der Waals surface area contributed by atoms with E-state index in [0.717, 1.165) is 12.0 Å². The van der Waals surface area contributed by atoms with Crippen molar-refractivity contribution < 1.29 is 9.90 Å². The molecule has 1 aliphatic heterocycles. The number of carbonyl (C=O) groups is 1. The summed E-state index contributed by atoms with van der Waals surface area (Å²) < 4.78 is 0. The van der Waals surface area contributed by atoms with Crippen molar-refractivity contribution in [1.82, 2.24) is 0 Å². The van der Waals surface area contributed by atoms with Gasteiger partial charge in [-0.1, -0.05) is 36.4 Å². The first kappa shape index (κ1) is 11.3. The van der Waals surface area contributed by atoms with Crippen molar-refractivity contribution >= 4 is 12.2 Å². The number of hydrogen-bond acceptors (Lipinski definition) is 2. The summed E-state index contributed by atoms with van der Waals surface area (Å²) in [6.45, 7) is 0. The third-order valence-corrected chi connectivity index (χ3v) is 2.58. The Labute approximate surface area is 99.8 Å². The first-order valence-electron chi connectivity index (χ1n) is 5.44. The minimum absolute atomic E-state index is 0.254. The number of carboxylic acid groups (broad SMARTS) is 1. The molecule has 1 N–H and O–H groups in total. The van der Waals surface area contributed by atoms with Gasteiger partial charge in [0.2, 0.25) is 0 Å². The average Bonchev–Trinajstić information content (AvgIpc) is 2.56. The Bertz CT molecular complexity index is 498. The summed E-state index contributed by atoms with van der Waals surface area (Å²) in [6.07, 6.45) is 6.28. The molecule has 3 nitrogen and oxygen atoms in total. The van der Waals surface area contributed by atoms with E-state index in [1.54, 1.807) is 12.3 Å². The molecule has 0 fully saturated rings. The van der Waals surface area contributed by atoms with Gasteiger partial charge in [-0.15, -0.1) is 0 Å². The van der Waals surface area contributed by atoms with Crippen LogP contribution in [0.2, 0.25) is 0 Å². The van der Waals surface area contributed by atoms with Crippen LogP contribution in [-0.4, -0.2) is 17.3 Å². The van der Waals surface area contributed by atoms with Crippen molar-refractivity contribution in [2.75, 3.05) is 0 Å². The molecule has 0 amide bonds. The van der Waals surface area contributed by atoms with Gasteiger partial charge in [0, 0.05) is 12.4 Å². The smallest absolute Gasteiger partial charge is 0.336 e. The fourth-order valence-corrected chi connectivity index (χ4v) is 1.69. The summed E-state index contributed by atoms with van der Waals surface area (Å²) in [5.41, 5.74) is 2.58. The fraction of sp³-hybridized carbons (Fsp3) is 0.143. The molecule has 0 spiro atoms. The number of hydrogen-bond donors (Lipinski definition) is 1. The maximum absolute atomic E-state index is 10.8. The van der Waals surface area contributed by atoms with Gasteiger partial charge in [-0.3, -0.25) is 4.99 Å². The van der Waals surface area contributed by atoms with Crippen LogP contribution in [0.4, 0.5) is 0 Å². The Hall–Kier alpha value is -2.16. The first-order valence-corrected chi connectivity index (χ1v) is 5.44. The zero-order chi connectivity index (χ0) is 12.1. The summed E-state index contributed by atoms with van der Waals surface area (Å²) in [7, 11) is 0. The van der Waals surface area contributed by atoms with Gasteiger partial charge in [-0.05, 0) is 24.0 Å². The van der Waals surface area contributed by atoms with E-state index in [9.17, 15) is 4.79 Å². The quantitative estimate of drug-likeness (QED) is 0.862. The molecule has 2 rings (SSSR count). The van der Waals surface area contributed by atoms with Crippen molar-refractivity contribution in [2.24, 2.45) is 4.99 Å². The molecule has 1 heterocycles. The molecule has 0 saturated carbocycles.